The summed E-state index contributed by atoms with van der Waals surface area (Å²) in [5, 5.41) is 0. The molecule has 2 aromatic rings. The number of alkyl halides is 3. The van der Waals surface area contributed by atoms with Crippen LogP contribution in [0.25, 0.3) is 0 Å². The topological polar surface area (TPSA) is 74.8 Å². The van der Waals surface area contributed by atoms with Crippen molar-refractivity contribution in [3.63, 3.8) is 0 Å². The van der Waals surface area contributed by atoms with Crippen LogP contribution in [-0.2, 0) is 26.2 Å². The second-order valence-corrected chi connectivity index (χ2v) is 10.2. The Hall–Kier alpha value is -2.09. The first-order valence-corrected chi connectivity index (χ1v) is 11.3. The number of hydrogen-bond donors (Lipinski definition) is 0. The van der Waals surface area contributed by atoms with E-state index in [0.29, 0.717) is 6.07 Å². The van der Waals surface area contributed by atoms with Crippen LogP contribution in [0, 0.1) is 11.6 Å². The van der Waals surface area contributed by atoms with Crippen LogP contribution >= 0.6 is 0 Å². The van der Waals surface area contributed by atoms with E-state index >= 15 is 0 Å². The van der Waals surface area contributed by atoms with E-state index in [2.05, 4.69) is 0 Å². The Morgan fingerprint density at radius 2 is 1.20 bits per heavy atom. The number of rotatable bonds is 4. The molecular formula is C17H15F5N2O4S2. The van der Waals surface area contributed by atoms with Crippen molar-refractivity contribution in [3.05, 3.63) is 59.7 Å². The molecule has 1 saturated heterocycles. The Kier molecular flexibility index (Phi) is 5.93. The minimum absolute atomic E-state index is 0.395. The Morgan fingerprint density at radius 3 is 1.70 bits per heavy atom. The van der Waals surface area contributed by atoms with E-state index in [9.17, 15) is 38.8 Å². The third-order valence-corrected chi connectivity index (χ3v) is 8.36. The summed E-state index contributed by atoms with van der Waals surface area (Å²) < 4.78 is 118. The fraction of sp³-hybridized carbons (Fsp3) is 0.294. The highest BCUT2D eigenvalue weighted by Gasteiger charge is 2.37. The minimum Gasteiger partial charge on any atom is -0.207 e. The molecule has 6 nitrogen and oxygen atoms in total. The summed E-state index contributed by atoms with van der Waals surface area (Å²) in [6.07, 6.45) is -4.73. The molecule has 0 aromatic heterocycles. The molecule has 0 amide bonds. The second-order valence-electron chi connectivity index (χ2n) is 6.38. The van der Waals surface area contributed by atoms with Crippen LogP contribution in [0.5, 0.6) is 0 Å². The maximum atomic E-state index is 13.9. The smallest absolute Gasteiger partial charge is 0.207 e. The van der Waals surface area contributed by atoms with Gasteiger partial charge in [0, 0.05) is 26.2 Å². The van der Waals surface area contributed by atoms with Crippen LogP contribution in [0.2, 0.25) is 0 Å². The maximum absolute atomic E-state index is 13.9. The molecule has 0 atom stereocenters. The molecule has 3 rings (SSSR count). The number of piperazine rings is 1. The maximum Gasteiger partial charge on any atom is 0.416 e. The molecule has 0 aliphatic carbocycles. The number of halogens is 5. The SMILES string of the molecule is O=S(=O)(c1cccc(C(F)(F)F)c1)N1CCN(S(=O)(=O)c2c(F)cccc2F)CC1. The van der Waals surface area contributed by atoms with Crippen LogP contribution in [0.3, 0.4) is 0 Å². The summed E-state index contributed by atoms with van der Waals surface area (Å²) in [5.41, 5.74) is -1.14. The summed E-state index contributed by atoms with van der Waals surface area (Å²) in [5.74, 6) is -2.57. The van der Waals surface area contributed by atoms with Crippen LogP contribution in [0.4, 0.5) is 22.0 Å². The lowest BCUT2D eigenvalue weighted by Gasteiger charge is -2.33. The van der Waals surface area contributed by atoms with Gasteiger partial charge in [0.1, 0.15) is 11.6 Å². The van der Waals surface area contributed by atoms with Gasteiger partial charge in [-0.2, -0.15) is 21.8 Å². The first kappa shape index (κ1) is 22.6. The van der Waals surface area contributed by atoms with Gasteiger partial charge in [-0.15, -0.1) is 0 Å². The van der Waals surface area contributed by atoms with Crippen LogP contribution < -0.4 is 0 Å². The predicted octanol–water partition coefficient (Wildman–Crippen LogP) is 2.68. The van der Waals surface area contributed by atoms with Gasteiger partial charge in [0.25, 0.3) is 0 Å². The van der Waals surface area contributed by atoms with Gasteiger partial charge in [0.05, 0.1) is 10.5 Å². The molecule has 1 heterocycles. The second kappa shape index (κ2) is 7.87. The van der Waals surface area contributed by atoms with E-state index in [1.54, 1.807) is 0 Å². The number of sulfonamides is 2. The van der Waals surface area contributed by atoms with E-state index in [4.69, 9.17) is 0 Å². The first-order valence-electron chi connectivity index (χ1n) is 8.47. The van der Waals surface area contributed by atoms with Gasteiger partial charge in [-0.3, -0.25) is 0 Å². The number of nitrogens with zero attached hydrogens (tertiary/aromatic N) is 2. The lowest BCUT2D eigenvalue weighted by atomic mass is 10.2. The van der Waals surface area contributed by atoms with Gasteiger partial charge < -0.3 is 0 Å². The predicted molar refractivity (Wildman–Crippen MR) is 95.3 cm³/mol. The third-order valence-electron chi connectivity index (χ3n) is 4.51. The standard InChI is InChI=1S/C17H15F5N2O4S2/c18-14-5-2-6-15(19)16(14)30(27,28)24-9-7-23(8-10-24)29(25,26)13-4-1-3-12(11-13)17(20,21)22/h1-6,11H,7-10H2. The van der Waals surface area contributed by atoms with E-state index in [1.807, 2.05) is 0 Å². The minimum atomic E-state index is -4.73. The summed E-state index contributed by atoms with van der Waals surface area (Å²) in [4.78, 5) is -1.73. The van der Waals surface area contributed by atoms with Crippen molar-refractivity contribution in [1.82, 2.24) is 8.61 Å². The zero-order valence-electron chi connectivity index (χ0n) is 15.1. The zero-order chi connectivity index (χ0) is 22.3. The molecule has 2 aromatic carbocycles. The van der Waals surface area contributed by atoms with Gasteiger partial charge >= 0.3 is 6.18 Å². The van der Waals surface area contributed by atoms with Crippen molar-refractivity contribution < 1.29 is 38.8 Å². The third kappa shape index (κ3) is 4.19. The molecule has 0 bridgehead atoms. The van der Waals surface area contributed by atoms with Crippen molar-refractivity contribution >= 4 is 20.0 Å². The fourth-order valence-corrected chi connectivity index (χ4v) is 5.99. The highest BCUT2D eigenvalue weighted by Crippen LogP contribution is 2.31. The lowest BCUT2D eigenvalue weighted by molar-refractivity contribution is -0.137. The van der Waals surface area contributed by atoms with Crippen molar-refractivity contribution in [3.8, 4) is 0 Å². The largest absolute Gasteiger partial charge is 0.416 e. The van der Waals surface area contributed by atoms with Gasteiger partial charge in [-0.1, -0.05) is 12.1 Å². The Morgan fingerprint density at radius 1 is 0.733 bits per heavy atom. The van der Waals surface area contributed by atoms with Crippen molar-refractivity contribution in [2.45, 2.75) is 16.0 Å². The quantitative estimate of drug-likeness (QED) is 0.644. The van der Waals surface area contributed by atoms with E-state index in [0.717, 1.165) is 45.0 Å². The van der Waals surface area contributed by atoms with Crippen LogP contribution in [0.1, 0.15) is 5.56 Å². The van der Waals surface area contributed by atoms with Gasteiger partial charge in [-0.05, 0) is 30.3 Å². The van der Waals surface area contributed by atoms with E-state index < -0.39 is 79.4 Å². The molecule has 13 heteroatoms. The molecule has 1 aliphatic heterocycles. The molecular weight excluding hydrogens is 455 g/mol. The Bertz CT molecular complexity index is 1140. The average Bonchev–Trinajstić information content (AvgIpc) is 2.67. The molecule has 30 heavy (non-hydrogen) atoms. The van der Waals surface area contributed by atoms with Crippen LogP contribution in [0.15, 0.2) is 52.3 Å². The number of hydrogen-bond acceptors (Lipinski definition) is 4. The van der Waals surface area contributed by atoms with Gasteiger partial charge in [0.2, 0.25) is 20.0 Å². The van der Waals surface area contributed by atoms with Crippen molar-refractivity contribution in [2.75, 3.05) is 26.2 Å². The lowest BCUT2D eigenvalue weighted by Crippen LogP contribution is -2.50. The average molecular weight is 470 g/mol. The summed E-state index contributed by atoms with van der Waals surface area (Å²) in [6, 6.07) is 5.75. The van der Waals surface area contributed by atoms with Gasteiger partial charge in [0.15, 0.2) is 4.90 Å². The first-order chi connectivity index (χ1) is 13.8. The van der Waals surface area contributed by atoms with Crippen molar-refractivity contribution in [2.24, 2.45) is 0 Å². The van der Waals surface area contributed by atoms with Crippen molar-refractivity contribution in [1.29, 1.82) is 0 Å². The molecule has 0 unspecified atom stereocenters. The molecule has 1 aliphatic rings. The zero-order valence-corrected chi connectivity index (χ0v) is 16.7. The molecule has 1 fully saturated rings. The fourth-order valence-electron chi connectivity index (χ4n) is 2.99. The van der Waals surface area contributed by atoms with Gasteiger partial charge in [-0.25, -0.2) is 25.6 Å². The molecule has 0 radical (unpaired) electrons. The Balaban J connectivity index is 1.82. The highest BCUT2D eigenvalue weighted by atomic mass is 32.2. The monoisotopic (exact) mass is 470 g/mol. The normalized spacial score (nSPS) is 17.2. The number of benzene rings is 2. The summed E-state index contributed by atoms with van der Waals surface area (Å²) in [6.45, 7) is -1.63. The summed E-state index contributed by atoms with van der Waals surface area (Å²) >= 11 is 0. The van der Waals surface area contributed by atoms with Crippen LogP contribution in [-0.4, -0.2) is 51.6 Å². The molecule has 0 N–H and O–H groups in total. The molecule has 0 spiro atoms. The van der Waals surface area contributed by atoms with E-state index in [-0.39, 0.29) is 0 Å². The molecule has 0 saturated carbocycles. The summed E-state index contributed by atoms with van der Waals surface area (Å²) in [7, 11) is -8.90. The van der Waals surface area contributed by atoms with E-state index in [1.165, 1.54) is 0 Å². The Labute approximate surface area is 169 Å². The highest BCUT2D eigenvalue weighted by molar-refractivity contribution is 7.89. The molecule has 164 valence electrons.